The van der Waals surface area contributed by atoms with Crippen LogP contribution >= 0.6 is 11.3 Å². The van der Waals surface area contributed by atoms with Gasteiger partial charge in [0.05, 0.1) is 29.0 Å². The van der Waals surface area contributed by atoms with Crippen LogP contribution in [0.4, 0.5) is 0 Å². The Morgan fingerprint density at radius 3 is 1.66 bits per heavy atom. The minimum atomic E-state index is -2.26. The summed E-state index contributed by atoms with van der Waals surface area (Å²) in [4.78, 5) is 20.3. The van der Waals surface area contributed by atoms with Gasteiger partial charge in [0.2, 0.25) is 0 Å². The molecular formula is C53H105NO5SSi4. The summed E-state index contributed by atoms with van der Waals surface area (Å²) >= 11 is 1.69. The van der Waals surface area contributed by atoms with E-state index in [9.17, 15) is 0 Å². The number of carbonyl (C=O) groups excluding carboxylic acids is 1. The highest BCUT2D eigenvalue weighted by Crippen LogP contribution is 2.46. The molecule has 1 unspecified atom stereocenters. The van der Waals surface area contributed by atoms with Crippen molar-refractivity contribution in [3.63, 3.8) is 0 Å². The number of aryl methyl sites for hydroxylation is 1. The molecule has 1 aromatic heterocycles. The van der Waals surface area contributed by atoms with E-state index in [1.54, 1.807) is 11.3 Å². The molecule has 0 amide bonds. The lowest BCUT2D eigenvalue weighted by atomic mass is 9.71. The fraction of sp³-hybridized carbons (Fsp3) is 0.849. The van der Waals surface area contributed by atoms with E-state index in [4.69, 9.17) is 22.7 Å². The third-order valence-electron chi connectivity index (χ3n) is 16.1. The van der Waals surface area contributed by atoms with Crippen LogP contribution in [0.25, 0.3) is 6.08 Å². The van der Waals surface area contributed by atoms with Crippen molar-refractivity contribution >= 4 is 56.5 Å². The Bertz CT molecular complexity index is 1670. The van der Waals surface area contributed by atoms with E-state index in [2.05, 4.69) is 201 Å². The average Bonchev–Trinajstić information content (AvgIpc) is 3.52. The molecule has 1 heterocycles. The van der Waals surface area contributed by atoms with E-state index in [0.717, 1.165) is 49.2 Å². The Morgan fingerprint density at radius 1 is 0.719 bits per heavy atom. The summed E-state index contributed by atoms with van der Waals surface area (Å²) in [5.74, 6) is 0.277. The zero-order valence-electron chi connectivity index (χ0n) is 47.2. The predicted molar refractivity (Wildman–Crippen MR) is 293 cm³/mol. The van der Waals surface area contributed by atoms with Crippen molar-refractivity contribution in [1.29, 1.82) is 0 Å². The molecule has 0 radical (unpaired) electrons. The van der Waals surface area contributed by atoms with Crippen LogP contribution in [-0.2, 0) is 22.5 Å². The molecule has 0 saturated carbocycles. The SMILES string of the molecule is CCC[C@@H](C(=O)C(C)(C)[C@H](CCO[Si](C)(C)C(C)(C)C)O[Si](C)(C)C(C)(C)C)[C@@H](O[Si](C)(C)C(C)(C)C)C(C)CCCC(C)=CC[C@H](O[Si](C)(C)C(C)(C)C)/C(C)=C/c1csc(C)n1. The van der Waals surface area contributed by atoms with Crippen molar-refractivity contribution < 1.29 is 22.5 Å². The fourth-order valence-corrected chi connectivity index (χ4v) is 13.0. The summed E-state index contributed by atoms with van der Waals surface area (Å²) in [7, 11) is -8.52. The zero-order valence-corrected chi connectivity index (χ0v) is 52.0. The van der Waals surface area contributed by atoms with Crippen molar-refractivity contribution in [3.05, 3.63) is 33.3 Å². The largest absolute Gasteiger partial charge is 0.417 e. The Hall–Kier alpha value is -0.512. The highest BCUT2D eigenvalue weighted by Gasteiger charge is 2.50. The molecule has 0 bridgehead atoms. The number of thiazole rings is 1. The van der Waals surface area contributed by atoms with Crippen molar-refractivity contribution in [2.24, 2.45) is 17.3 Å². The van der Waals surface area contributed by atoms with Crippen LogP contribution in [0.2, 0.25) is 72.5 Å². The molecule has 0 saturated heterocycles. The number of Topliss-reactive ketones (excluding diaryl/α,β-unsaturated/α-hetero) is 1. The predicted octanol–water partition coefficient (Wildman–Crippen LogP) is 17.6. The number of nitrogens with zero attached hydrogens (tertiary/aromatic N) is 1. The number of carbonyl (C=O) groups is 1. The van der Waals surface area contributed by atoms with Crippen molar-refractivity contribution in [1.82, 2.24) is 4.98 Å². The summed E-state index contributed by atoms with van der Waals surface area (Å²) in [5, 5.41) is 3.47. The first-order valence-corrected chi connectivity index (χ1v) is 37.5. The summed E-state index contributed by atoms with van der Waals surface area (Å²) in [6.07, 6.45) is 10.5. The maximum atomic E-state index is 15.6. The average molecular weight is 981 g/mol. The monoisotopic (exact) mass is 980 g/mol. The molecular weight excluding hydrogens is 875 g/mol. The van der Waals surface area contributed by atoms with Crippen molar-refractivity contribution in [2.45, 2.75) is 267 Å². The summed E-state index contributed by atoms with van der Waals surface area (Å²) in [5.41, 5.74) is 2.91. The van der Waals surface area contributed by atoms with Crippen LogP contribution < -0.4 is 0 Å². The second-order valence-electron chi connectivity index (χ2n) is 26.3. The Balaban J connectivity index is 3.60. The van der Waals surface area contributed by atoms with E-state index in [1.165, 1.54) is 11.1 Å². The van der Waals surface area contributed by atoms with Crippen LogP contribution in [0.1, 0.15) is 180 Å². The zero-order chi connectivity index (χ0) is 50.3. The van der Waals surface area contributed by atoms with Gasteiger partial charge in [-0.15, -0.1) is 11.3 Å². The quantitative estimate of drug-likeness (QED) is 0.0718. The van der Waals surface area contributed by atoms with Crippen LogP contribution in [0.5, 0.6) is 0 Å². The first-order chi connectivity index (χ1) is 28.5. The van der Waals surface area contributed by atoms with Crippen LogP contribution in [0.15, 0.2) is 22.6 Å². The van der Waals surface area contributed by atoms with Gasteiger partial charge in [-0.3, -0.25) is 4.79 Å². The van der Waals surface area contributed by atoms with Gasteiger partial charge in [0.25, 0.3) is 0 Å². The molecule has 0 aliphatic heterocycles. The van der Waals surface area contributed by atoms with Gasteiger partial charge < -0.3 is 17.7 Å². The lowest BCUT2D eigenvalue weighted by Gasteiger charge is -2.47. The van der Waals surface area contributed by atoms with Gasteiger partial charge in [0.1, 0.15) is 5.78 Å². The third kappa shape index (κ3) is 17.8. The second-order valence-corrected chi connectivity index (χ2v) is 46.4. The van der Waals surface area contributed by atoms with Gasteiger partial charge >= 0.3 is 0 Å². The lowest BCUT2D eigenvalue weighted by Crippen LogP contribution is -2.55. The topological polar surface area (TPSA) is 66.9 Å². The minimum Gasteiger partial charge on any atom is -0.417 e. The highest BCUT2D eigenvalue weighted by molar-refractivity contribution is 7.09. The third-order valence-corrected chi connectivity index (χ3v) is 34.9. The molecule has 374 valence electrons. The van der Waals surface area contributed by atoms with Gasteiger partial charge in [-0.1, -0.05) is 129 Å². The molecule has 0 fully saturated rings. The molecule has 1 aromatic rings. The number of ketones is 1. The number of rotatable bonds is 25. The van der Waals surface area contributed by atoms with E-state index < -0.39 is 38.7 Å². The smallest absolute Gasteiger partial charge is 0.192 e. The van der Waals surface area contributed by atoms with Gasteiger partial charge in [-0.25, -0.2) is 4.98 Å². The normalized spacial score (nSPS) is 17.4. The van der Waals surface area contributed by atoms with E-state index in [0.29, 0.717) is 18.8 Å². The number of allylic oxidation sites excluding steroid dienone is 1. The fourth-order valence-electron chi connectivity index (χ4n) is 7.15. The molecule has 0 spiro atoms. The molecule has 64 heavy (non-hydrogen) atoms. The van der Waals surface area contributed by atoms with E-state index in [-0.39, 0.29) is 50.3 Å². The summed E-state index contributed by atoms with van der Waals surface area (Å²) in [6, 6.07) is 0. The maximum Gasteiger partial charge on any atom is 0.192 e. The Kier molecular flexibility index (Phi) is 22.5. The molecule has 11 heteroatoms. The number of hydrogen-bond donors (Lipinski definition) is 0. The first-order valence-electron chi connectivity index (χ1n) is 25.0. The highest BCUT2D eigenvalue weighted by atomic mass is 32.1. The molecule has 0 N–H and O–H groups in total. The minimum absolute atomic E-state index is 0.00590. The summed E-state index contributed by atoms with van der Waals surface area (Å²) < 4.78 is 28.7. The molecule has 1 rings (SSSR count). The standard InChI is InChI=1S/C53H105NO5SSi4/c1-28-30-44(48(55)53(18,19)46(58-63(24,25)51(12,13)14)35-36-56-61(20,21)49(6,7)8)47(59-64(26,27)52(15,16)17)40(3)32-29-31-39(2)33-34-45(57-62(22,23)50(9,10)11)41(4)37-43-38-60-42(5)54-43/h33,37-38,40,44-47H,28-32,34-36H2,1-27H3/b39-33?,41-37+/t40?,44-,45+,46+,47+/m1/s1. The van der Waals surface area contributed by atoms with Gasteiger partial charge in [0, 0.05) is 23.3 Å². The molecule has 0 aliphatic rings. The molecule has 0 aromatic carbocycles. The van der Waals surface area contributed by atoms with Crippen molar-refractivity contribution in [2.75, 3.05) is 6.61 Å². The molecule has 6 nitrogen and oxygen atoms in total. The van der Waals surface area contributed by atoms with Crippen LogP contribution in [0.3, 0.4) is 0 Å². The van der Waals surface area contributed by atoms with E-state index in [1.807, 2.05) is 0 Å². The number of aromatic nitrogens is 1. The second kappa shape index (κ2) is 23.4. The first kappa shape index (κ1) is 61.5. The van der Waals surface area contributed by atoms with Gasteiger partial charge in [-0.05, 0) is 149 Å². The molecule has 5 atom stereocenters. The van der Waals surface area contributed by atoms with Crippen LogP contribution in [-0.4, -0.2) is 69.0 Å². The Morgan fingerprint density at radius 2 is 1.20 bits per heavy atom. The molecule has 0 aliphatic carbocycles. The van der Waals surface area contributed by atoms with Crippen LogP contribution in [0, 0.1) is 24.2 Å². The Labute approximate surface area is 406 Å². The van der Waals surface area contributed by atoms with E-state index >= 15 is 4.79 Å². The summed E-state index contributed by atoms with van der Waals surface area (Å²) in [6.45, 7) is 62.4. The lowest BCUT2D eigenvalue weighted by molar-refractivity contribution is -0.142. The maximum absolute atomic E-state index is 15.6. The van der Waals surface area contributed by atoms with Gasteiger partial charge in [0.15, 0.2) is 33.3 Å². The van der Waals surface area contributed by atoms with Gasteiger partial charge in [-0.2, -0.15) is 0 Å². The number of hydrogen-bond acceptors (Lipinski definition) is 7. The van der Waals surface area contributed by atoms with Crippen molar-refractivity contribution in [3.8, 4) is 0 Å².